The number of hydrogen-bond donors (Lipinski definition) is 1. The van der Waals surface area contributed by atoms with Crippen LogP contribution in [0.4, 0.5) is 0 Å². The Bertz CT molecular complexity index is 214. The van der Waals surface area contributed by atoms with Crippen LogP contribution in [0, 0.1) is 5.41 Å². The van der Waals surface area contributed by atoms with E-state index in [9.17, 15) is 0 Å². The highest BCUT2D eigenvalue weighted by molar-refractivity contribution is 4.79. The quantitative estimate of drug-likeness (QED) is 0.780. The van der Waals surface area contributed by atoms with E-state index in [2.05, 4.69) is 32.6 Å². The molecule has 0 radical (unpaired) electrons. The molecule has 1 saturated heterocycles. The van der Waals surface area contributed by atoms with Crippen molar-refractivity contribution in [3.05, 3.63) is 0 Å². The van der Waals surface area contributed by atoms with Crippen LogP contribution in [0.2, 0.25) is 0 Å². The first-order chi connectivity index (χ1) is 7.35. The van der Waals surface area contributed by atoms with Gasteiger partial charge in [-0.05, 0) is 45.2 Å². The average Bonchev–Trinajstić information content (AvgIpc) is 2.16. The molecule has 2 N–H and O–H groups in total. The van der Waals surface area contributed by atoms with Crippen LogP contribution in [0.3, 0.4) is 0 Å². The average molecular weight is 228 g/mol. The number of nitrogens with zero attached hydrogens (tertiary/aromatic N) is 1. The maximum Gasteiger partial charge on any atom is 0.0753 e. The number of hydrogen-bond acceptors (Lipinski definition) is 3. The van der Waals surface area contributed by atoms with Crippen molar-refractivity contribution in [3.63, 3.8) is 0 Å². The molecule has 0 aromatic carbocycles. The van der Waals surface area contributed by atoms with Crippen LogP contribution in [0.5, 0.6) is 0 Å². The van der Waals surface area contributed by atoms with Gasteiger partial charge in [0.2, 0.25) is 0 Å². The molecule has 0 aromatic rings. The molecule has 3 nitrogen and oxygen atoms in total. The topological polar surface area (TPSA) is 38.5 Å². The molecule has 0 spiro atoms. The van der Waals surface area contributed by atoms with Gasteiger partial charge in [-0.1, -0.05) is 13.8 Å². The molecular weight excluding hydrogens is 200 g/mol. The minimum absolute atomic E-state index is 0.0294. The van der Waals surface area contributed by atoms with E-state index >= 15 is 0 Å². The SMILES string of the molecule is CC(C)(CN)CCCN1CCOC(C)(C)C1. The minimum atomic E-state index is 0.0294. The van der Waals surface area contributed by atoms with E-state index in [0.29, 0.717) is 5.41 Å². The molecule has 1 rings (SSSR count). The predicted molar refractivity (Wildman–Crippen MR) is 68.5 cm³/mol. The second-order valence-electron chi connectivity index (χ2n) is 6.36. The van der Waals surface area contributed by atoms with Gasteiger partial charge in [-0.2, -0.15) is 0 Å². The highest BCUT2D eigenvalue weighted by Crippen LogP contribution is 2.22. The molecule has 0 bridgehead atoms. The Kier molecular flexibility index (Phi) is 4.77. The summed E-state index contributed by atoms with van der Waals surface area (Å²) in [6.45, 7) is 13.8. The van der Waals surface area contributed by atoms with Crippen LogP contribution < -0.4 is 5.73 Å². The van der Waals surface area contributed by atoms with Crippen LogP contribution in [0.25, 0.3) is 0 Å². The summed E-state index contributed by atoms with van der Waals surface area (Å²) in [4.78, 5) is 2.51. The van der Waals surface area contributed by atoms with Gasteiger partial charge in [-0.15, -0.1) is 0 Å². The van der Waals surface area contributed by atoms with Crippen molar-refractivity contribution in [1.29, 1.82) is 0 Å². The van der Waals surface area contributed by atoms with E-state index in [0.717, 1.165) is 26.2 Å². The molecule has 0 atom stereocenters. The van der Waals surface area contributed by atoms with Crippen LogP contribution >= 0.6 is 0 Å². The van der Waals surface area contributed by atoms with Crippen molar-refractivity contribution in [2.75, 3.05) is 32.8 Å². The van der Waals surface area contributed by atoms with E-state index in [1.54, 1.807) is 0 Å². The van der Waals surface area contributed by atoms with Gasteiger partial charge < -0.3 is 10.5 Å². The normalized spacial score (nSPS) is 22.3. The van der Waals surface area contributed by atoms with Crippen LogP contribution in [-0.4, -0.2) is 43.3 Å². The molecule has 0 aromatic heterocycles. The van der Waals surface area contributed by atoms with Crippen LogP contribution in [-0.2, 0) is 4.74 Å². The summed E-state index contributed by atoms with van der Waals surface area (Å²) < 4.78 is 5.70. The van der Waals surface area contributed by atoms with Crippen molar-refractivity contribution in [2.24, 2.45) is 11.1 Å². The Morgan fingerprint density at radius 1 is 1.38 bits per heavy atom. The summed E-state index contributed by atoms with van der Waals surface area (Å²) in [5.74, 6) is 0. The monoisotopic (exact) mass is 228 g/mol. The second-order valence-corrected chi connectivity index (χ2v) is 6.36. The van der Waals surface area contributed by atoms with Gasteiger partial charge >= 0.3 is 0 Å². The second kappa shape index (κ2) is 5.48. The van der Waals surface area contributed by atoms with E-state index in [1.165, 1.54) is 19.4 Å². The summed E-state index contributed by atoms with van der Waals surface area (Å²) in [6.07, 6.45) is 2.45. The van der Waals surface area contributed by atoms with Crippen LogP contribution in [0.1, 0.15) is 40.5 Å². The Labute approximate surface area is 100 Å². The molecule has 0 unspecified atom stereocenters. The number of nitrogens with two attached hydrogens (primary N) is 1. The van der Waals surface area contributed by atoms with Gasteiger partial charge in [0, 0.05) is 13.1 Å². The van der Waals surface area contributed by atoms with E-state index in [-0.39, 0.29) is 5.60 Å². The molecular formula is C13H28N2O. The maximum atomic E-state index is 5.74. The lowest BCUT2D eigenvalue weighted by molar-refractivity contribution is -0.0864. The Morgan fingerprint density at radius 2 is 2.06 bits per heavy atom. The molecule has 0 amide bonds. The zero-order valence-corrected chi connectivity index (χ0v) is 11.4. The smallest absolute Gasteiger partial charge is 0.0753 e. The van der Waals surface area contributed by atoms with Crippen molar-refractivity contribution < 1.29 is 4.74 Å². The fourth-order valence-corrected chi connectivity index (χ4v) is 2.19. The first-order valence-corrected chi connectivity index (χ1v) is 6.41. The van der Waals surface area contributed by atoms with Crippen LogP contribution in [0.15, 0.2) is 0 Å². The van der Waals surface area contributed by atoms with E-state index < -0.39 is 0 Å². The molecule has 1 fully saturated rings. The molecule has 3 heteroatoms. The van der Waals surface area contributed by atoms with Gasteiger partial charge in [-0.25, -0.2) is 0 Å². The summed E-state index contributed by atoms with van der Waals surface area (Å²) >= 11 is 0. The molecule has 1 aliphatic rings. The third kappa shape index (κ3) is 4.81. The standard InChI is InChI=1S/C13H28N2O/c1-12(2,10-14)6-5-7-15-8-9-16-13(3,4)11-15/h5-11,14H2,1-4H3. The van der Waals surface area contributed by atoms with Gasteiger partial charge in [0.1, 0.15) is 0 Å². The van der Waals surface area contributed by atoms with Gasteiger partial charge in [0.25, 0.3) is 0 Å². The Hall–Kier alpha value is -0.120. The van der Waals surface area contributed by atoms with E-state index in [1.807, 2.05) is 0 Å². The lowest BCUT2D eigenvalue weighted by Gasteiger charge is -2.38. The minimum Gasteiger partial charge on any atom is -0.373 e. The highest BCUT2D eigenvalue weighted by Gasteiger charge is 2.27. The number of rotatable bonds is 5. The zero-order chi connectivity index (χ0) is 12.2. The molecule has 0 saturated carbocycles. The first kappa shape index (κ1) is 13.9. The summed E-state index contributed by atoms with van der Waals surface area (Å²) in [6, 6.07) is 0. The third-order valence-electron chi connectivity index (χ3n) is 3.39. The van der Waals surface area contributed by atoms with Gasteiger partial charge in [0.05, 0.1) is 12.2 Å². The van der Waals surface area contributed by atoms with Crippen molar-refractivity contribution >= 4 is 0 Å². The lowest BCUT2D eigenvalue weighted by atomic mass is 9.88. The van der Waals surface area contributed by atoms with Crippen molar-refractivity contribution in [2.45, 2.75) is 46.1 Å². The van der Waals surface area contributed by atoms with Crippen molar-refractivity contribution in [3.8, 4) is 0 Å². The predicted octanol–water partition coefficient (Wildman–Crippen LogP) is 1.86. The summed E-state index contributed by atoms with van der Waals surface area (Å²) in [7, 11) is 0. The Balaban J connectivity index is 2.23. The highest BCUT2D eigenvalue weighted by atomic mass is 16.5. The number of morpholine rings is 1. The molecule has 96 valence electrons. The zero-order valence-electron chi connectivity index (χ0n) is 11.4. The summed E-state index contributed by atoms with van der Waals surface area (Å²) in [5.41, 5.74) is 6.06. The fourth-order valence-electron chi connectivity index (χ4n) is 2.19. The molecule has 16 heavy (non-hydrogen) atoms. The third-order valence-corrected chi connectivity index (χ3v) is 3.39. The lowest BCUT2D eigenvalue weighted by Crippen LogP contribution is -2.48. The van der Waals surface area contributed by atoms with E-state index in [4.69, 9.17) is 10.5 Å². The molecule has 1 aliphatic heterocycles. The molecule has 1 heterocycles. The number of ether oxygens (including phenoxy) is 1. The summed E-state index contributed by atoms with van der Waals surface area (Å²) in [5, 5.41) is 0. The van der Waals surface area contributed by atoms with Crippen molar-refractivity contribution in [1.82, 2.24) is 4.90 Å². The van der Waals surface area contributed by atoms with Gasteiger partial charge in [0.15, 0.2) is 0 Å². The first-order valence-electron chi connectivity index (χ1n) is 6.41. The fraction of sp³-hybridized carbons (Fsp3) is 1.00. The maximum absolute atomic E-state index is 5.74. The van der Waals surface area contributed by atoms with Gasteiger partial charge in [-0.3, -0.25) is 4.90 Å². The Morgan fingerprint density at radius 3 is 2.62 bits per heavy atom. The largest absolute Gasteiger partial charge is 0.373 e. The molecule has 0 aliphatic carbocycles.